The Kier molecular flexibility index (Phi) is 10.1. The number of esters is 1. The van der Waals surface area contributed by atoms with Crippen molar-refractivity contribution in [2.45, 2.75) is 19.4 Å². The predicted octanol–water partition coefficient (Wildman–Crippen LogP) is 2.37. The molecule has 19 heavy (non-hydrogen) atoms. The fourth-order valence-electron chi connectivity index (χ4n) is 1.31. The molecule has 6 heteroatoms. The van der Waals surface area contributed by atoms with E-state index in [4.69, 9.17) is 0 Å². The minimum atomic E-state index is -0.490. The molecule has 1 rings (SSSR count). The maximum absolute atomic E-state index is 11.7. The van der Waals surface area contributed by atoms with Crippen molar-refractivity contribution >= 4 is 31.6 Å². The molecule has 0 spiro atoms. The SMILES string of the molecule is [CH2-][C@H](CC(=O)OC)NC(=O)c1ccc(C)cc1.[Zn+][I]. The van der Waals surface area contributed by atoms with Gasteiger partial charge in [0.25, 0.3) is 0 Å². The number of methoxy groups -OCH3 is 1. The van der Waals surface area contributed by atoms with Gasteiger partial charge in [0.2, 0.25) is 5.91 Å². The molecule has 1 N–H and O–H groups in total. The van der Waals surface area contributed by atoms with Crippen LogP contribution in [0.3, 0.4) is 0 Å². The van der Waals surface area contributed by atoms with Crippen LogP contribution in [0.1, 0.15) is 22.3 Å². The Morgan fingerprint density at radius 2 is 1.89 bits per heavy atom. The van der Waals surface area contributed by atoms with Crippen molar-refractivity contribution in [3.05, 3.63) is 42.3 Å². The van der Waals surface area contributed by atoms with Gasteiger partial charge in [-0.25, -0.2) is 0 Å². The van der Waals surface area contributed by atoms with Crippen molar-refractivity contribution in [1.82, 2.24) is 5.32 Å². The average Bonchev–Trinajstić information content (AvgIpc) is 2.41. The summed E-state index contributed by atoms with van der Waals surface area (Å²) in [4.78, 5) is 22.7. The van der Waals surface area contributed by atoms with Crippen molar-refractivity contribution in [3.8, 4) is 0 Å². The van der Waals surface area contributed by atoms with Gasteiger partial charge in [-0.2, -0.15) is 0 Å². The molecule has 4 nitrogen and oxygen atoms in total. The first-order chi connectivity index (χ1) is 9.02. The zero-order chi connectivity index (χ0) is 14.8. The topological polar surface area (TPSA) is 55.4 Å². The Bertz CT molecular complexity index is 409. The molecule has 0 heterocycles. The molecule has 0 aliphatic carbocycles. The molecule has 0 aliphatic heterocycles. The van der Waals surface area contributed by atoms with Crippen LogP contribution >= 0.6 is 19.8 Å². The molecular weight excluding hydrogens is 410 g/mol. The first kappa shape index (κ1) is 18.5. The normalized spacial score (nSPS) is 10.8. The third-order valence-corrected chi connectivity index (χ3v) is 2.29. The van der Waals surface area contributed by atoms with Gasteiger partial charge in [0.15, 0.2) is 0 Å². The number of nitrogens with one attached hydrogen (secondary N) is 1. The van der Waals surface area contributed by atoms with Crippen LogP contribution in [0.5, 0.6) is 0 Å². The van der Waals surface area contributed by atoms with Crippen LogP contribution in [0.15, 0.2) is 24.3 Å². The van der Waals surface area contributed by atoms with E-state index in [1.54, 1.807) is 12.1 Å². The molecule has 0 aliphatic rings. The molecule has 0 radical (unpaired) electrons. The van der Waals surface area contributed by atoms with E-state index >= 15 is 0 Å². The van der Waals surface area contributed by atoms with Crippen molar-refractivity contribution in [3.63, 3.8) is 0 Å². The number of hydrogen-bond acceptors (Lipinski definition) is 3. The first-order valence-electron chi connectivity index (χ1n) is 5.57. The van der Waals surface area contributed by atoms with Gasteiger partial charge in [-0.05, 0) is 19.1 Å². The van der Waals surface area contributed by atoms with E-state index in [-0.39, 0.29) is 12.3 Å². The Hall–Kier alpha value is -0.487. The number of ether oxygens (including phenoxy) is 1. The number of aryl methyl sites for hydroxylation is 1. The van der Waals surface area contributed by atoms with Crippen LogP contribution in [-0.2, 0) is 24.3 Å². The van der Waals surface area contributed by atoms with Crippen LogP contribution in [0.4, 0.5) is 0 Å². The third-order valence-electron chi connectivity index (χ3n) is 2.29. The number of carbonyl (C=O) groups excluding carboxylic acids is 2. The molecule has 0 fully saturated rings. The van der Waals surface area contributed by atoms with Gasteiger partial charge < -0.3 is 17.0 Å². The molecule has 1 atom stereocenters. The summed E-state index contributed by atoms with van der Waals surface area (Å²) in [6.07, 6.45) is 0.0636. The molecule has 1 amide bonds. The van der Waals surface area contributed by atoms with Crippen LogP contribution in [0, 0.1) is 13.8 Å². The Morgan fingerprint density at radius 3 is 2.37 bits per heavy atom. The first-order valence-corrected chi connectivity index (χ1v) is 14.6. The predicted molar refractivity (Wildman–Crippen MR) is 78.4 cm³/mol. The zero-order valence-electron chi connectivity index (χ0n) is 11.1. The average molecular weight is 427 g/mol. The van der Waals surface area contributed by atoms with E-state index < -0.39 is 12.0 Å². The second-order valence-electron chi connectivity index (χ2n) is 3.82. The van der Waals surface area contributed by atoms with Gasteiger partial charge in [0.05, 0.1) is 7.11 Å². The number of carbonyl (C=O) groups is 2. The van der Waals surface area contributed by atoms with Gasteiger partial charge in [0.1, 0.15) is 0 Å². The molecule has 1 aromatic rings. The van der Waals surface area contributed by atoms with E-state index in [1.807, 2.05) is 19.1 Å². The molecule has 0 aromatic heterocycles. The van der Waals surface area contributed by atoms with Crippen LogP contribution < -0.4 is 5.32 Å². The number of hydrogen-bond donors (Lipinski definition) is 1. The number of rotatable bonds is 4. The summed E-state index contributed by atoms with van der Waals surface area (Å²) in [6, 6.07) is 6.68. The van der Waals surface area contributed by atoms with E-state index in [0.29, 0.717) is 5.56 Å². The van der Waals surface area contributed by atoms with E-state index in [2.05, 4.69) is 36.7 Å². The van der Waals surface area contributed by atoms with Gasteiger partial charge in [-0.15, -0.1) is 0 Å². The summed E-state index contributed by atoms with van der Waals surface area (Å²) in [6.45, 7) is 5.62. The maximum atomic E-state index is 11.7. The summed E-state index contributed by atoms with van der Waals surface area (Å²) in [5, 5.41) is 2.63. The quantitative estimate of drug-likeness (QED) is 0.348. The van der Waals surface area contributed by atoms with Crippen molar-refractivity contribution in [2.24, 2.45) is 0 Å². The Labute approximate surface area is 134 Å². The molecule has 100 valence electrons. The monoisotopic (exact) mass is 425 g/mol. The number of benzene rings is 1. The van der Waals surface area contributed by atoms with Crippen molar-refractivity contribution in [1.29, 1.82) is 0 Å². The summed E-state index contributed by atoms with van der Waals surface area (Å²) >= 11 is 3.62. The molecule has 0 saturated heterocycles. The Morgan fingerprint density at radius 1 is 1.37 bits per heavy atom. The van der Waals surface area contributed by atoms with Gasteiger partial charge in [-0.3, -0.25) is 9.59 Å². The van der Waals surface area contributed by atoms with Gasteiger partial charge >= 0.3 is 40.5 Å². The minimum absolute atomic E-state index is 0.0636. The molecule has 1 aromatic carbocycles. The molecular formula is C13H16INO3Zn. The standard InChI is InChI=1S/C13H16NO3.HI.Zn/c1-9-4-6-11(7-5-9)13(16)14-10(2)8-12(15)17-3;;/h4-7,10H,2,8H2,1,3H3,(H,14,16);1H;/q-1;;+2/p-1/t10-;;/m1../s1. The van der Waals surface area contributed by atoms with Crippen LogP contribution in [-0.4, -0.2) is 25.0 Å². The van der Waals surface area contributed by atoms with Crippen LogP contribution in [0.2, 0.25) is 0 Å². The van der Waals surface area contributed by atoms with Crippen molar-refractivity contribution in [2.75, 3.05) is 7.11 Å². The van der Waals surface area contributed by atoms with E-state index in [0.717, 1.165) is 5.56 Å². The summed E-state index contributed by atoms with van der Waals surface area (Å²) in [7, 11) is 1.30. The zero-order valence-corrected chi connectivity index (χ0v) is 16.2. The molecule has 0 bridgehead atoms. The van der Waals surface area contributed by atoms with Crippen LogP contribution in [0.25, 0.3) is 0 Å². The molecule has 0 saturated carbocycles. The van der Waals surface area contributed by atoms with Gasteiger partial charge in [0, 0.05) is 12.0 Å². The fourth-order valence-corrected chi connectivity index (χ4v) is 1.31. The van der Waals surface area contributed by atoms with Gasteiger partial charge in [-0.1, -0.05) is 23.7 Å². The molecule has 0 unspecified atom stereocenters. The summed E-state index contributed by atoms with van der Waals surface area (Å²) < 4.78 is 4.49. The van der Waals surface area contributed by atoms with E-state index in [1.165, 1.54) is 21.9 Å². The van der Waals surface area contributed by atoms with E-state index in [9.17, 15) is 9.59 Å². The third kappa shape index (κ3) is 7.62. The summed E-state index contributed by atoms with van der Waals surface area (Å²) in [5.41, 5.74) is 1.64. The second-order valence-corrected chi connectivity index (χ2v) is 3.82. The number of halogens is 1. The fraction of sp³-hybridized carbons (Fsp3) is 0.308. The number of amides is 1. The summed E-state index contributed by atoms with van der Waals surface area (Å²) in [5.74, 6) is -0.636. The Balaban J connectivity index is 0.00000154. The van der Waals surface area contributed by atoms with Crippen molar-refractivity contribution < 1.29 is 29.1 Å². The second kappa shape index (κ2) is 10.3.